The molecular formula is C15H18O4. The molecule has 4 heteroatoms. The average molecular weight is 262 g/mol. The van der Waals surface area contributed by atoms with Crippen LogP contribution in [0.2, 0.25) is 0 Å². The molecule has 0 amide bonds. The van der Waals surface area contributed by atoms with Gasteiger partial charge in [-0.1, -0.05) is 0 Å². The van der Waals surface area contributed by atoms with E-state index in [4.69, 9.17) is 14.2 Å². The molecule has 19 heavy (non-hydrogen) atoms. The molecule has 0 spiro atoms. The Hall–Kier alpha value is -1.97. The lowest BCUT2D eigenvalue weighted by molar-refractivity contribution is -0.113. The van der Waals surface area contributed by atoms with Crippen molar-refractivity contribution in [3.05, 3.63) is 22.8 Å². The summed E-state index contributed by atoms with van der Waals surface area (Å²) in [7, 11) is 4.76. The van der Waals surface area contributed by atoms with Gasteiger partial charge in [-0.25, -0.2) is 0 Å². The number of ketones is 1. The first-order chi connectivity index (χ1) is 9.04. The van der Waals surface area contributed by atoms with Gasteiger partial charge in [0.05, 0.1) is 21.3 Å². The van der Waals surface area contributed by atoms with E-state index in [9.17, 15) is 4.79 Å². The molecule has 4 nitrogen and oxygen atoms in total. The highest BCUT2D eigenvalue weighted by molar-refractivity contribution is 6.04. The Morgan fingerprint density at radius 2 is 1.74 bits per heavy atom. The van der Waals surface area contributed by atoms with E-state index in [1.54, 1.807) is 28.3 Å². The van der Waals surface area contributed by atoms with Crippen molar-refractivity contribution in [3.8, 4) is 17.2 Å². The lowest BCUT2D eigenvalue weighted by Gasteiger charge is -2.16. The molecule has 1 aliphatic carbocycles. The number of hydrogen-bond acceptors (Lipinski definition) is 4. The number of fused-ring (bicyclic) bond motifs is 1. The fourth-order valence-electron chi connectivity index (χ4n) is 2.59. The molecule has 1 aliphatic rings. The van der Waals surface area contributed by atoms with Gasteiger partial charge >= 0.3 is 0 Å². The van der Waals surface area contributed by atoms with E-state index in [-0.39, 0.29) is 5.78 Å². The summed E-state index contributed by atoms with van der Waals surface area (Å²) in [4.78, 5) is 11.7. The van der Waals surface area contributed by atoms with Gasteiger partial charge in [0, 0.05) is 17.6 Å². The summed E-state index contributed by atoms with van der Waals surface area (Å²) in [5.41, 5.74) is 3.80. The maximum absolute atomic E-state index is 11.7. The van der Waals surface area contributed by atoms with Gasteiger partial charge in [-0.3, -0.25) is 4.79 Å². The smallest absolute Gasteiger partial charge is 0.203 e. The predicted molar refractivity (Wildman–Crippen MR) is 73.1 cm³/mol. The van der Waals surface area contributed by atoms with Crippen LogP contribution in [0.15, 0.2) is 11.6 Å². The molecule has 0 saturated carbocycles. The minimum absolute atomic E-state index is 0.0914. The predicted octanol–water partition coefficient (Wildman–Crippen LogP) is 2.63. The van der Waals surface area contributed by atoms with E-state index in [1.807, 2.05) is 13.0 Å². The second-order valence-corrected chi connectivity index (χ2v) is 4.51. The largest absolute Gasteiger partial charge is 0.493 e. The molecule has 0 bridgehead atoms. The SMILES string of the molecule is COc1cc2c(c(OC)c1OC)CC(C(C)=O)=C2C. The van der Waals surface area contributed by atoms with Crippen molar-refractivity contribution < 1.29 is 19.0 Å². The van der Waals surface area contributed by atoms with Crippen molar-refractivity contribution in [2.75, 3.05) is 21.3 Å². The topological polar surface area (TPSA) is 44.8 Å². The third-order valence-corrected chi connectivity index (χ3v) is 3.57. The van der Waals surface area contributed by atoms with Gasteiger partial charge in [-0.2, -0.15) is 0 Å². The third-order valence-electron chi connectivity index (χ3n) is 3.57. The number of ether oxygens (including phenoxy) is 3. The Balaban J connectivity index is 2.68. The fourth-order valence-corrected chi connectivity index (χ4v) is 2.59. The van der Waals surface area contributed by atoms with Crippen LogP contribution in [0.1, 0.15) is 25.0 Å². The molecule has 102 valence electrons. The van der Waals surface area contributed by atoms with Crippen LogP contribution in [-0.4, -0.2) is 27.1 Å². The molecule has 0 radical (unpaired) electrons. The van der Waals surface area contributed by atoms with Crippen molar-refractivity contribution >= 4 is 11.4 Å². The molecule has 0 heterocycles. The molecule has 0 saturated heterocycles. The molecular weight excluding hydrogens is 244 g/mol. The van der Waals surface area contributed by atoms with Crippen LogP contribution in [0.5, 0.6) is 17.2 Å². The number of methoxy groups -OCH3 is 3. The summed E-state index contributed by atoms with van der Waals surface area (Å²) in [6.45, 7) is 3.54. The van der Waals surface area contributed by atoms with Crippen LogP contribution in [0, 0.1) is 0 Å². The highest BCUT2D eigenvalue weighted by Crippen LogP contribution is 2.48. The normalized spacial score (nSPS) is 13.3. The Bertz CT molecular complexity index is 570. The average Bonchev–Trinajstić information content (AvgIpc) is 2.73. The summed E-state index contributed by atoms with van der Waals surface area (Å²) in [6, 6.07) is 1.90. The maximum Gasteiger partial charge on any atom is 0.203 e. The lowest BCUT2D eigenvalue weighted by Crippen LogP contribution is -2.01. The lowest BCUT2D eigenvalue weighted by atomic mass is 10.0. The Morgan fingerprint density at radius 3 is 2.21 bits per heavy atom. The standard InChI is InChI=1S/C15H18O4/c1-8-10(9(2)16)6-12-11(8)7-13(17-3)15(19-5)14(12)18-4/h7H,6H2,1-5H3. The second kappa shape index (κ2) is 4.96. The highest BCUT2D eigenvalue weighted by atomic mass is 16.5. The van der Waals surface area contributed by atoms with Crippen molar-refractivity contribution in [1.29, 1.82) is 0 Å². The monoisotopic (exact) mass is 262 g/mol. The highest BCUT2D eigenvalue weighted by Gasteiger charge is 2.28. The van der Waals surface area contributed by atoms with E-state index >= 15 is 0 Å². The number of Topliss-reactive ketones (excluding diaryl/α,β-unsaturated/α-hetero) is 1. The van der Waals surface area contributed by atoms with Crippen LogP contribution in [0.4, 0.5) is 0 Å². The first-order valence-corrected chi connectivity index (χ1v) is 6.08. The zero-order valence-electron chi connectivity index (χ0n) is 11.9. The third kappa shape index (κ3) is 1.97. The van der Waals surface area contributed by atoms with E-state index in [2.05, 4.69) is 0 Å². The quantitative estimate of drug-likeness (QED) is 0.836. The molecule has 0 aromatic heterocycles. The number of allylic oxidation sites excluding steroid dienone is 2. The number of carbonyl (C=O) groups is 1. The van der Waals surface area contributed by atoms with Crippen molar-refractivity contribution in [1.82, 2.24) is 0 Å². The van der Waals surface area contributed by atoms with E-state index in [1.165, 1.54) is 0 Å². The molecule has 0 atom stereocenters. The van der Waals surface area contributed by atoms with Gasteiger partial charge in [0.1, 0.15) is 0 Å². The Labute approximate surface area is 113 Å². The molecule has 0 fully saturated rings. The van der Waals surface area contributed by atoms with Crippen molar-refractivity contribution in [3.63, 3.8) is 0 Å². The Kier molecular flexibility index (Phi) is 3.51. The van der Waals surface area contributed by atoms with E-state index in [0.29, 0.717) is 23.7 Å². The summed E-state index contributed by atoms with van der Waals surface area (Å²) in [6.07, 6.45) is 0.583. The number of hydrogen-bond donors (Lipinski definition) is 0. The number of rotatable bonds is 4. The second-order valence-electron chi connectivity index (χ2n) is 4.51. The van der Waals surface area contributed by atoms with Gasteiger partial charge in [-0.05, 0) is 31.1 Å². The maximum atomic E-state index is 11.7. The zero-order chi connectivity index (χ0) is 14.2. The molecule has 0 N–H and O–H groups in total. The molecule has 0 aliphatic heterocycles. The van der Waals surface area contributed by atoms with Crippen LogP contribution in [0.3, 0.4) is 0 Å². The summed E-state index contributed by atoms with van der Waals surface area (Å²) in [5.74, 6) is 1.92. The van der Waals surface area contributed by atoms with Gasteiger partial charge in [0.15, 0.2) is 17.3 Å². The van der Waals surface area contributed by atoms with Crippen molar-refractivity contribution in [2.24, 2.45) is 0 Å². The van der Waals surface area contributed by atoms with E-state index in [0.717, 1.165) is 22.3 Å². The van der Waals surface area contributed by atoms with Gasteiger partial charge < -0.3 is 14.2 Å². The van der Waals surface area contributed by atoms with Gasteiger partial charge in [0.25, 0.3) is 0 Å². The minimum atomic E-state index is 0.0914. The van der Waals surface area contributed by atoms with Crippen LogP contribution < -0.4 is 14.2 Å². The van der Waals surface area contributed by atoms with E-state index < -0.39 is 0 Å². The summed E-state index contributed by atoms with van der Waals surface area (Å²) >= 11 is 0. The van der Waals surface area contributed by atoms with Crippen LogP contribution >= 0.6 is 0 Å². The molecule has 2 rings (SSSR count). The fraction of sp³-hybridized carbons (Fsp3) is 0.400. The minimum Gasteiger partial charge on any atom is -0.493 e. The first kappa shape index (κ1) is 13.5. The van der Waals surface area contributed by atoms with Gasteiger partial charge in [-0.15, -0.1) is 0 Å². The molecule has 0 unspecified atom stereocenters. The molecule has 1 aromatic rings. The van der Waals surface area contributed by atoms with Crippen LogP contribution in [0.25, 0.3) is 5.57 Å². The van der Waals surface area contributed by atoms with Gasteiger partial charge in [0.2, 0.25) is 5.75 Å². The summed E-state index contributed by atoms with van der Waals surface area (Å²) < 4.78 is 16.2. The number of benzene rings is 1. The van der Waals surface area contributed by atoms with Crippen LogP contribution in [-0.2, 0) is 11.2 Å². The Morgan fingerprint density at radius 1 is 1.11 bits per heavy atom. The summed E-state index contributed by atoms with van der Waals surface area (Å²) in [5, 5.41) is 0. The first-order valence-electron chi connectivity index (χ1n) is 6.08. The molecule has 1 aromatic carbocycles. The van der Waals surface area contributed by atoms with Crippen molar-refractivity contribution in [2.45, 2.75) is 20.3 Å². The zero-order valence-corrected chi connectivity index (χ0v) is 11.9. The number of carbonyl (C=O) groups excluding carboxylic acids is 1.